The number of fused-ring (bicyclic) bond motifs is 2. The van der Waals surface area contributed by atoms with Crippen LogP contribution in [0.15, 0.2) is 42.5 Å². The van der Waals surface area contributed by atoms with E-state index in [0.29, 0.717) is 6.54 Å². The maximum atomic E-state index is 12.6. The van der Waals surface area contributed by atoms with Crippen molar-refractivity contribution in [3.8, 4) is 0 Å². The summed E-state index contributed by atoms with van der Waals surface area (Å²) < 4.78 is 0. The van der Waals surface area contributed by atoms with Gasteiger partial charge < -0.3 is 0 Å². The van der Waals surface area contributed by atoms with Gasteiger partial charge in [0.25, 0.3) is 17.5 Å². The molecule has 126 valence electrons. The highest BCUT2D eigenvalue weighted by Gasteiger charge is 2.37. The Balaban J connectivity index is 1.55. The molecule has 2 aliphatic rings. The van der Waals surface area contributed by atoms with Crippen LogP contribution in [0.1, 0.15) is 31.8 Å². The number of amides is 2. The summed E-state index contributed by atoms with van der Waals surface area (Å²) in [7, 11) is 0. The minimum Gasteiger partial charge on any atom is -0.281 e. The Morgan fingerprint density at radius 3 is 2.48 bits per heavy atom. The highest BCUT2D eigenvalue weighted by Crippen LogP contribution is 2.28. The van der Waals surface area contributed by atoms with E-state index in [0.717, 1.165) is 13.0 Å². The van der Waals surface area contributed by atoms with Gasteiger partial charge in [-0.3, -0.25) is 29.5 Å². The van der Waals surface area contributed by atoms with E-state index in [1.165, 1.54) is 34.2 Å². The molecule has 0 bridgehead atoms. The van der Waals surface area contributed by atoms with E-state index < -0.39 is 16.7 Å². The molecule has 7 nitrogen and oxygen atoms in total. The van der Waals surface area contributed by atoms with Crippen LogP contribution in [0.4, 0.5) is 5.69 Å². The molecule has 0 unspecified atom stereocenters. The van der Waals surface area contributed by atoms with Gasteiger partial charge in [0.15, 0.2) is 0 Å². The van der Waals surface area contributed by atoms with Crippen LogP contribution in [-0.4, -0.2) is 39.8 Å². The third-order valence-corrected chi connectivity index (χ3v) is 4.72. The van der Waals surface area contributed by atoms with Crippen molar-refractivity contribution < 1.29 is 14.5 Å². The summed E-state index contributed by atoms with van der Waals surface area (Å²) >= 11 is 0. The van der Waals surface area contributed by atoms with Gasteiger partial charge in [0.05, 0.1) is 22.7 Å². The maximum absolute atomic E-state index is 12.6. The van der Waals surface area contributed by atoms with E-state index in [-0.39, 0.29) is 23.5 Å². The molecular weight excluding hydrogens is 322 g/mol. The number of nitro groups is 1. The zero-order chi connectivity index (χ0) is 17.6. The molecule has 7 heteroatoms. The molecule has 2 aromatic rings. The summed E-state index contributed by atoms with van der Waals surface area (Å²) in [5, 5.41) is 10.9. The van der Waals surface area contributed by atoms with E-state index in [2.05, 4.69) is 6.07 Å². The second kappa shape index (κ2) is 5.78. The number of carbonyl (C=O) groups excluding carboxylic acids is 2. The molecule has 2 aliphatic heterocycles. The first-order valence-electron chi connectivity index (χ1n) is 7.98. The van der Waals surface area contributed by atoms with Gasteiger partial charge in [-0.15, -0.1) is 0 Å². The smallest absolute Gasteiger partial charge is 0.270 e. The Bertz CT molecular complexity index is 909. The van der Waals surface area contributed by atoms with Crippen molar-refractivity contribution >= 4 is 17.5 Å². The lowest BCUT2D eigenvalue weighted by atomic mass is 10.0. The summed E-state index contributed by atoms with van der Waals surface area (Å²) in [6, 6.07) is 11.9. The van der Waals surface area contributed by atoms with Crippen LogP contribution in [-0.2, 0) is 13.0 Å². The molecule has 0 atom stereocenters. The number of nitrogens with zero attached hydrogens (tertiary/aromatic N) is 3. The summed E-state index contributed by atoms with van der Waals surface area (Å²) in [6.45, 7) is 1.61. The molecule has 4 rings (SSSR count). The highest BCUT2D eigenvalue weighted by molar-refractivity contribution is 6.21. The third kappa shape index (κ3) is 2.58. The number of rotatable bonds is 3. The van der Waals surface area contributed by atoms with Gasteiger partial charge in [0.1, 0.15) is 0 Å². The molecule has 0 saturated heterocycles. The van der Waals surface area contributed by atoms with Crippen molar-refractivity contribution in [2.45, 2.75) is 13.0 Å². The molecular formula is C18H15N3O4. The lowest BCUT2D eigenvalue weighted by Crippen LogP contribution is -2.43. The first kappa shape index (κ1) is 15.5. The van der Waals surface area contributed by atoms with E-state index in [9.17, 15) is 19.7 Å². The molecule has 0 aliphatic carbocycles. The van der Waals surface area contributed by atoms with Crippen molar-refractivity contribution in [1.82, 2.24) is 9.80 Å². The number of non-ortho nitro benzene ring substituents is 1. The SMILES string of the molecule is O=C1c2ccc([N+](=O)[O-])cc2C(=O)N1CN1CCc2ccccc2C1. The summed E-state index contributed by atoms with van der Waals surface area (Å²) in [5.41, 5.74) is 2.64. The lowest BCUT2D eigenvalue weighted by molar-refractivity contribution is -0.384. The monoisotopic (exact) mass is 337 g/mol. The fourth-order valence-electron chi connectivity index (χ4n) is 3.40. The van der Waals surface area contributed by atoms with E-state index in [1.807, 2.05) is 23.1 Å². The zero-order valence-corrected chi connectivity index (χ0v) is 13.3. The first-order chi connectivity index (χ1) is 12.0. The van der Waals surface area contributed by atoms with Gasteiger partial charge in [-0.25, -0.2) is 0 Å². The number of hydrogen-bond donors (Lipinski definition) is 0. The topological polar surface area (TPSA) is 83.8 Å². The molecule has 2 heterocycles. The van der Waals surface area contributed by atoms with Crippen LogP contribution in [0.2, 0.25) is 0 Å². The van der Waals surface area contributed by atoms with Crippen LogP contribution < -0.4 is 0 Å². The van der Waals surface area contributed by atoms with Crippen molar-refractivity contribution in [1.29, 1.82) is 0 Å². The molecule has 2 amide bonds. The predicted molar refractivity (Wildman–Crippen MR) is 89.0 cm³/mol. The van der Waals surface area contributed by atoms with Gasteiger partial charge in [0.2, 0.25) is 0 Å². The molecule has 25 heavy (non-hydrogen) atoms. The summed E-state index contributed by atoms with van der Waals surface area (Å²) in [6.07, 6.45) is 0.866. The fourth-order valence-corrected chi connectivity index (χ4v) is 3.40. The number of imide groups is 1. The number of carbonyl (C=O) groups is 2. The largest absolute Gasteiger partial charge is 0.281 e. The van der Waals surface area contributed by atoms with Gasteiger partial charge in [-0.05, 0) is 23.6 Å². The molecule has 0 spiro atoms. The minimum absolute atomic E-state index is 0.108. The van der Waals surface area contributed by atoms with Crippen molar-refractivity contribution in [3.05, 3.63) is 74.8 Å². The molecule has 2 aromatic carbocycles. The fraction of sp³-hybridized carbons (Fsp3) is 0.222. The van der Waals surface area contributed by atoms with Gasteiger partial charge in [-0.2, -0.15) is 0 Å². The number of nitro benzene ring substituents is 1. The normalized spacial score (nSPS) is 16.7. The highest BCUT2D eigenvalue weighted by atomic mass is 16.6. The molecule has 0 aromatic heterocycles. The van der Waals surface area contributed by atoms with E-state index in [4.69, 9.17) is 0 Å². The second-order valence-electron chi connectivity index (χ2n) is 6.24. The van der Waals surface area contributed by atoms with Crippen molar-refractivity contribution in [2.75, 3.05) is 13.2 Å². The standard InChI is InChI=1S/C18H15N3O4/c22-17-15-6-5-14(21(24)25)9-16(15)18(23)20(17)11-19-8-7-12-3-1-2-4-13(12)10-19/h1-6,9H,7-8,10-11H2. The minimum atomic E-state index is -0.567. The van der Waals surface area contributed by atoms with Crippen LogP contribution in [0.3, 0.4) is 0 Å². The summed E-state index contributed by atoms with van der Waals surface area (Å²) in [4.78, 5) is 38.6. The Morgan fingerprint density at radius 2 is 1.72 bits per heavy atom. The molecule has 0 fully saturated rings. The van der Waals surface area contributed by atoms with Crippen LogP contribution >= 0.6 is 0 Å². The molecule has 0 saturated carbocycles. The van der Waals surface area contributed by atoms with Gasteiger partial charge >= 0.3 is 0 Å². The quantitative estimate of drug-likeness (QED) is 0.487. The second-order valence-corrected chi connectivity index (χ2v) is 6.24. The Kier molecular flexibility index (Phi) is 3.58. The lowest BCUT2D eigenvalue weighted by Gasteiger charge is -2.31. The molecule has 0 radical (unpaired) electrons. The average Bonchev–Trinajstić information content (AvgIpc) is 2.86. The Morgan fingerprint density at radius 1 is 1.00 bits per heavy atom. The van der Waals surface area contributed by atoms with Crippen molar-refractivity contribution in [3.63, 3.8) is 0 Å². The Labute approximate surface area is 143 Å². The predicted octanol–water partition coefficient (Wildman–Crippen LogP) is 2.21. The average molecular weight is 337 g/mol. The van der Waals surface area contributed by atoms with Gasteiger partial charge in [0, 0.05) is 25.2 Å². The number of hydrogen-bond acceptors (Lipinski definition) is 5. The molecule has 0 N–H and O–H groups in total. The zero-order valence-electron chi connectivity index (χ0n) is 13.3. The first-order valence-corrected chi connectivity index (χ1v) is 7.98. The third-order valence-electron chi connectivity index (χ3n) is 4.72. The van der Waals surface area contributed by atoms with Crippen LogP contribution in [0.25, 0.3) is 0 Å². The maximum Gasteiger partial charge on any atom is 0.270 e. The Hall–Kier alpha value is -3.06. The summed E-state index contributed by atoms with van der Waals surface area (Å²) in [5.74, 6) is -0.865. The van der Waals surface area contributed by atoms with Gasteiger partial charge in [-0.1, -0.05) is 24.3 Å². The van der Waals surface area contributed by atoms with Crippen molar-refractivity contribution in [2.24, 2.45) is 0 Å². The number of benzene rings is 2. The van der Waals surface area contributed by atoms with Crippen LogP contribution in [0, 0.1) is 10.1 Å². The van der Waals surface area contributed by atoms with E-state index in [1.54, 1.807) is 0 Å². The van der Waals surface area contributed by atoms with Crippen LogP contribution in [0.5, 0.6) is 0 Å². The van der Waals surface area contributed by atoms with E-state index >= 15 is 0 Å².